The number of rotatable bonds is 2. The number of hydrogen-bond acceptors (Lipinski definition) is 4. The number of carbonyl (C=O) groups excluding carboxylic acids is 1. The number of fused-ring (bicyclic) bond motifs is 2. The van der Waals surface area contributed by atoms with Crippen LogP contribution >= 0.6 is 0 Å². The molecule has 4 unspecified atom stereocenters. The molecule has 4 nitrogen and oxygen atoms in total. The molecular weight excluding hydrogens is 182 g/mol. The molecule has 0 aromatic rings. The first kappa shape index (κ1) is 9.93. The van der Waals surface area contributed by atoms with E-state index in [1.165, 1.54) is 0 Å². The van der Waals surface area contributed by atoms with E-state index in [0.29, 0.717) is 13.2 Å². The minimum atomic E-state index is -0.100. The molecule has 1 aliphatic carbocycles. The summed E-state index contributed by atoms with van der Waals surface area (Å²) in [7, 11) is 0. The zero-order valence-corrected chi connectivity index (χ0v) is 8.44. The van der Waals surface area contributed by atoms with Gasteiger partial charge in [-0.05, 0) is 19.8 Å². The van der Waals surface area contributed by atoms with E-state index in [9.17, 15) is 4.79 Å². The molecular formula is C10H17NO3. The molecule has 0 radical (unpaired) electrons. The monoisotopic (exact) mass is 199 g/mol. The Kier molecular flexibility index (Phi) is 2.74. The Hall–Kier alpha value is -0.610. The third-order valence-corrected chi connectivity index (χ3v) is 3.29. The van der Waals surface area contributed by atoms with Gasteiger partial charge in [0.1, 0.15) is 0 Å². The number of carbonyl (C=O) groups is 1. The van der Waals surface area contributed by atoms with Crippen LogP contribution in [0.4, 0.5) is 0 Å². The topological polar surface area (TPSA) is 61.5 Å². The van der Waals surface area contributed by atoms with Crippen LogP contribution in [0.25, 0.3) is 0 Å². The van der Waals surface area contributed by atoms with E-state index in [1.54, 1.807) is 0 Å². The standard InChI is InChI=1S/C10H17NO3/c1-2-13-10(12)6-3-4-8-9(11)7(6)5-14-8/h6-9H,2-5,11H2,1H3. The maximum absolute atomic E-state index is 11.6. The van der Waals surface area contributed by atoms with Gasteiger partial charge < -0.3 is 15.2 Å². The van der Waals surface area contributed by atoms with Gasteiger partial charge in [-0.3, -0.25) is 4.79 Å². The summed E-state index contributed by atoms with van der Waals surface area (Å²) in [6.07, 6.45) is 1.92. The highest BCUT2D eigenvalue weighted by Crippen LogP contribution is 2.37. The molecule has 4 heteroatoms. The molecule has 1 saturated heterocycles. The number of nitrogens with two attached hydrogens (primary N) is 1. The van der Waals surface area contributed by atoms with Gasteiger partial charge >= 0.3 is 5.97 Å². The minimum Gasteiger partial charge on any atom is -0.466 e. The van der Waals surface area contributed by atoms with Crippen LogP contribution < -0.4 is 5.73 Å². The molecule has 1 aliphatic heterocycles. The summed E-state index contributed by atoms with van der Waals surface area (Å²) in [4.78, 5) is 11.6. The van der Waals surface area contributed by atoms with E-state index < -0.39 is 0 Å². The lowest BCUT2D eigenvalue weighted by Gasteiger charge is -2.30. The second-order valence-electron chi connectivity index (χ2n) is 4.05. The highest BCUT2D eigenvalue weighted by atomic mass is 16.5. The van der Waals surface area contributed by atoms with Gasteiger partial charge in [0, 0.05) is 12.0 Å². The third-order valence-electron chi connectivity index (χ3n) is 3.29. The number of hydrogen-bond donors (Lipinski definition) is 1. The number of ether oxygens (including phenoxy) is 2. The van der Waals surface area contributed by atoms with Crippen molar-refractivity contribution < 1.29 is 14.3 Å². The van der Waals surface area contributed by atoms with E-state index in [0.717, 1.165) is 12.8 Å². The first-order valence-corrected chi connectivity index (χ1v) is 5.28. The average Bonchev–Trinajstić information content (AvgIpc) is 2.42. The Morgan fingerprint density at radius 3 is 3.07 bits per heavy atom. The van der Waals surface area contributed by atoms with Gasteiger partial charge in [-0.1, -0.05) is 0 Å². The average molecular weight is 199 g/mol. The smallest absolute Gasteiger partial charge is 0.309 e. The Bertz CT molecular complexity index is 231. The molecule has 80 valence electrons. The van der Waals surface area contributed by atoms with Crippen molar-refractivity contribution in [3.63, 3.8) is 0 Å². The van der Waals surface area contributed by atoms with E-state index in [1.807, 2.05) is 6.92 Å². The molecule has 2 rings (SSSR count). The van der Waals surface area contributed by atoms with Crippen LogP contribution in [0.1, 0.15) is 19.8 Å². The van der Waals surface area contributed by atoms with Crippen LogP contribution in [-0.4, -0.2) is 31.3 Å². The zero-order chi connectivity index (χ0) is 10.1. The fraction of sp³-hybridized carbons (Fsp3) is 0.900. The lowest BCUT2D eigenvalue weighted by Crippen LogP contribution is -2.45. The van der Waals surface area contributed by atoms with Crippen LogP contribution in [0.5, 0.6) is 0 Å². The summed E-state index contributed by atoms with van der Waals surface area (Å²) < 4.78 is 10.5. The SMILES string of the molecule is CCOC(=O)C1CCC2OCC1C2N. The predicted octanol–water partition coefficient (Wildman–Crippen LogP) is 0.302. The predicted molar refractivity (Wildman–Crippen MR) is 50.6 cm³/mol. The molecule has 2 aliphatic rings. The molecule has 2 bridgehead atoms. The Morgan fingerprint density at radius 1 is 1.57 bits per heavy atom. The highest BCUT2D eigenvalue weighted by Gasteiger charge is 2.46. The summed E-state index contributed by atoms with van der Waals surface area (Å²) in [6.45, 7) is 2.89. The normalized spacial score (nSPS) is 41.0. The fourth-order valence-electron chi connectivity index (χ4n) is 2.49. The van der Waals surface area contributed by atoms with E-state index in [-0.39, 0.29) is 30.0 Å². The van der Waals surface area contributed by atoms with Crippen LogP contribution in [-0.2, 0) is 14.3 Å². The first-order valence-electron chi connectivity index (χ1n) is 5.28. The van der Waals surface area contributed by atoms with Crippen molar-refractivity contribution in [1.29, 1.82) is 0 Å². The van der Waals surface area contributed by atoms with Crippen LogP contribution in [0.3, 0.4) is 0 Å². The third kappa shape index (κ3) is 1.53. The summed E-state index contributed by atoms with van der Waals surface area (Å²) in [5.74, 6) is 0.0356. The largest absolute Gasteiger partial charge is 0.466 e. The summed E-state index contributed by atoms with van der Waals surface area (Å²) in [5, 5.41) is 0. The van der Waals surface area contributed by atoms with Gasteiger partial charge in [0.05, 0.1) is 25.2 Å². The van der Waals surface area contributed by atoms with Gasteiger partial charge in [-0.2, -0.15) is 0 Å². The van der Waals surface area contributed by atoms with Crippen molar-refractivity contribution in [3.8, 4) is 0 Å². The summed E-state index contributed by atoms with van der Waals surface area (Å²) in [5.41, 5.74) is 5.98. The van der Waals surface area contributed by atoms with Gasteiger partial charge in [-0.15, -0.1) is 0 Å². The summed E-state index contributed by atoms with van der Waals surface area (Å²) >= 11 is 0. The highest BCUT2D eigenvalue weighted by molar-refractivity contribution is 5.73. The Labute approximate surface area is 83.7 Å². The molecule has 4 atom stereocenters. The Balaban J connectivity index is 2.02. The van der Waals surface area contributed by atoms with Crippen LogP contribution in [0.2, 0.25) is 0 Å². The molecule has 1 saturated carbocycles. The fourth-order valence-corrected chi connectivity index (χ4v) is 2.49. The minimum absolute atomic E-state index is 0.0261. The molecule has 2 N–H and O–H groups in total. The molecule has 1 heterocycles. The second-order valence-corrected chi connectivity index (χ2v) is 4.05. The molecule has 0 spiro atoms. The van der Waals surface area contributed by atoms with Gasteiger partial charge in [0.25, 0.3) is 0 Å². The Morgan fingerprint density at radius 2 is 2.36 bits per heavy atom. The van der Waals surface area contributed by atoms with Crippen molar-refractivity contribution in [1.82, 2.24) is 0 Å². The molecule has 2 fully saturated rings. The zero-order valence-electron chi connectivity index (χ0n) is 8.44. The lowest BCUT2D eigenvalue weighted by atomic mass is 9.77. The van der Waals surface area contributed by atoms with Crippen LogP contribution in [0.15, 0.2) is 0 Å². The molecule has 0 aromatic carbocycles. The quantitative estimate of drug-likeness (QED) is 0.650. The van der Waals surface area contributed by atoms with Crippen molar-refractivity contribution >= 4 is 5.97 Å². The van der Waals surface area contributed by atoms with Crippen LogP contribution in [0, 0.1) is 11.8 Å². The van der Waals surface area contributed by atoms with Gasteiger partial charge in [-0.25, -0.2) is 0 Å². The van der Waals surface area contributed by atoms with Gasteiger partial charge in [0.15, 0.2) is 0 Å². The number of esters is 1. The van der Waals surface area contributed by atoms with Gasteiger partial charge in [0.2, 0.25) is 0 Å². The van der Waals surface area contributed by atoms with Crippen molar-refractivity contribution in [2.75, 3.05) is 13.2 Å². The molecule has 0 amide bonds. The van der Waals surface area contributed by atoms with Crippen molar-refractivity contribution in [2.24, 2.45) is 17.6 Å². The van der Waals surface area contributed by atoms with E-state index in [4.69, 9.17) is 15.2 Å². The molecule has 14 heavy (non-hydrogen) atoms. The first-order chi connectivity index (χ1) is 6.74. The lowest BCUT2D eigenvalue weighted by molar-refractivity contribution is -0.150. The van der Waals surface area contributed by atoms with Crippen molar-refractivity contribution in [2.45, 2.75) is 31.9 Å². The van der Waals surface area contributed by atoms with Crippen molar-refractivity contribution in [3.05, 3.63) is 0 Å². The van der Waals surface area contributed by atoms with E-state index >= 15 is 0 Å². The maximum atomic E-state index is 11.6. The second kappa shape index (κ2) is 3.87. The molecule has 0 aromatic heterocycles. The van der Waals surface area contributed by atoms with E-state index in [2.05, 4.69) is 0 Å². The maximum Gasteiger partial charge on any atom is 0.309 e. The summed E-state index contributed by atoms with van der Waals surface area (Å²) in [6, 6.07) is 0.0261.